The summed E-state index contributed by atoms with van der Waals surface area (Å²) in [5, 5.41) is 2.54. The number of rotatable bonds is 8. The SMILES string of the molecule is CC(C)OCC(C)(C)OCCNC=O. The first-order valence-electron chi connectivity index (χ1n) is 4.90. The van der Waals surface area contributed by atoms with E-state index < -0.39 is 0 Å². The second-order valence-electron chi connectivity index (χ2n) is 4.04. The van der Waals surface area contributed by atoms with E-state index in [0.717, 1.165) is 0 Å². The lowest BCUT2D eigenvalue weighted by Crippen LogP contribution is -2.34. The van der Waals surface area contributed by atoms with E-state index in [1.165, 1.54) is 0 Å². The first kappa shape index (κ1) is 13.4. The third-order valence-corrected chi connectivity index (χ3v) is 1.59. The zero-order valence-corrected chi connectivity index (χ0v) is 9.50. The fourth-order valence-electron chi connectivity index (χ4n) is 0.854. The molecule has 0 aliphatic rings. The van der Waals surface area contributed by atoms with Crippen LogP contribution in [0.1, 0.15) is 27.7 Å². The molecular weight excluding hydrogens is 182 g/mol. The molecule has 4 nitrogen and oxygen atoms in total. The number of carbonyl (C=O) groups is 1. The van der Waals surface area contributed by atoms with Crippen molar-refractivity contribution in [2.75, 3.05) is 19.8 Å². The lowest BCUT2D eigenvalue weighted by molar-refractivity contribution is -0.111. The summed E-state index contributed by atoms with van der Waals surface area (Å²) >= 11 is 0. The monoisotopic (exact) mass is 203 g/mol. The minimum absolute atomic E-state index is 0.214. The van der Waals surface area contributed by atoms with Crippen LogP contribution in [0.3, 0.4) is 0 Å². The Morgan fingerprint density at radius 1 is 1.43 bits per heavy atom. The summed E-state index contributed by atoms with van der Waals surface area (Å²) in [6.07, 6.45) is 0.882. The average Bonchev–Trinajstić information content (AvgIpc) is 2.10. The van der Waals surface area contributed by atoms with Crippen LogP contribution in [0.5, 0.6) is 0 Å². The van der Waals surface area contributed by atoms with Crippen molar-refractivity contribution in [2.45, 2.75) is 39.4 Å². The number of carbonyl (C=O) groups excluding carboxylic acids is 1. The minimum Gasteiger partial charge on any atom is -0.376 e. The molecule has 1 amide bonds. The molecule has 14 heavy (non-hydrogen) atoms. The van der Waals surface area contributed by atoms with Crippen LogP contribution in [0.4, 0.5) is 0 Å². The first-order valence-corrected chi connectivity index (χ1v) is 4.90. The van der Waals surface area contributed by atoms with Crippen LogP contribution in [-0.4, -0.2) is 37.9 Å². The molecule has 0 aliphatic heterocycles. The lowest BCUT2D eigenvalue weighted by Gasteiger charge is -2.26. The molecule has 0 radical (unpaired) electrons. The van der Waals surface area contributed by atoms with E-state index >= 15 is 0 Å². The van der Waals surface area contributed by atoms with Gasteiger partial charge in [0.05, 0.1) is 24.9 Å². The molecule has 84 valence electrons. The van der Waals surface area contributed by atoms with E-state index in [4.69, 9.17) is 9.47 Å². The Balaban J connectivity index is 3.55. The molecule has 0 aromatic heterocycles. The van der Waals surface area contributed by atoms with Crippen LogP contribution < -0.4 is 5.32 Å². The van der Waals surface area contributed by atoms with Crippen LogP contribution >= 0.6 is 0 Å². The maximum absolute atomic E-state index is 9.95. The summed E-state index contributed by atoms with van der Waals surface area (Å²) in [7, 11) is 0. The van der Waals surface area contributed by atoms with Gasteiger partial charge in [0.25, 0.3) is 0 Å². The number of hydrogen-bond acceptors (Lipinski definition) is 3. The number of nitrogens with one attached hydrogen (secondary N) is 1. The van der Waals surface area contributed by atoms with Crippen LogP contribution in [-0.2, 0) is 14.3 Å². The van der Waals surface area contributed by atoms with Crippen molar-refractivity contribution < 1.29 is 14.3 Å². The van der Waals surface area contributed by atoms with Gasteiger partial charge in [0, 0.05) is 6.54 Å². The Bertz CT molecular complexity index is 157. The van der Waals surface area contributed by atoms with E-state index in [1.807, 2.05) is 27.7 Å². The molecule has 0 unspecified atom stereocenters. The summed E-state index contributed by atoms with van der Waals surface area (Å²) in [6.45, 7) is 9.52. The van der Waals surface area contributed by atoms with Gasteiger partial charge in [-0.15, -0.1) is 0 Å². The fourth-order valence-corrected chi connectivity index (χ4v) is 0.854. The lowest BCUT2D eigenvalue weighted by atomic mass is 10.1. The summed E-state index contributed by atoms with van der Waals surface area (Å²) in [5.74, 6) is 0. The standard InChI is InChI=1S/C10H21NO3/c1-9(2)13-7-10(3,4)14-6-5-11-8-12/h8-9H,5-7H2,1-4H3,(H,11,12). The van der Waals surface area contributed by atoms with Crippen molar-refractivity contribution in [1.82, 2.24) is 5.32 Å². The van der Waals surface area contributed by atoms with Gasteiger partial charge in [0.15, 0.2) is 0 Å². The van der Waals surface area contributed by atoms with Crippen LogP contribution in [0.2, 0.25) is 0 Å². The van der Waals surface area contributed by atoms with Crippen molar-refractivity contribution >= 4 is 6.41 Å². The summed E-state index contributed by atoms with van der Waals surface area (Å²) in [6, 6.07) is 0. The highest BCUT2D eigenvalue weighted by molar-refractivity contribution is 5.45. The maximum Gasteiger partial charge on any atom is 0.207 e. The van der Waals surface area contributed by atoms with Gasteiger partial charge in [0.1, 0.15) is 0 Å². The third kappa shape index (κ3) is 8.01. The summed E-state index contributed by atoms with van der Waals surface area (Å²) < 4.78 is 11.0. The highest BCUT2D eigenvalue weighted by atomic mass is 16.5. The van der Waals surface area contributed by atoms with Crippen LogP contribution in [0, 0.1) is 0 Å². The number of hydrogen-bond donors (Lipinski definition) is 1. The fraction of sp³-hybridized carbons (Fsp3) is 0.900. The van der Waals surface area contributed by atoms with Gasteiger partial charge in [-0.25, -0.2) is 0 Å². The largest absolute Gasteiger partial charge is 0.376 e. The van der Waals surface area contributed by atoms with Crippen molar-refractivity contribution in [1.29, 1.82) is 0 Å². The molecule has 0 aliphatic carbocycles. The number of ether oxygens (including phenoxy) is 2. The van der Waals surface area contributed by atoms with E-state index in [1.54, 1.807) is 0 Å². The molecule has 0 aromatic rings. The third-order valence-electron chi connectivity index (χ3n) is 1.59. The average molecular weight is 203 g/mol. The zero-order chi connectivity index (χ0) is 11.0. The van der Waals surface area contributed by atoms with Gasteiger partial charge < -0.3 is 14.8 Å². The number of amides is 1. The Hall–Kier alpha value is -0.610. The first-order chi connectivity index (χ1) is 6.48. The van der Waals surface area contributed by atoms with Crippen molar-refractivity contribution in [3.63, 3.8) is 0 Å². The van der Waals surface area contributed by atoms with E-state index in [0.29, 0.717) is 26.2 Å². The molecule has 0 fully saturated rings. The Morgan fingerprint density at radius 2 is 2.07 bits per heavy atom. The Labute approximate surface area is 86.0 Å². The Morgan fingerprint density at radius 3 is 2.57 bits per heavy atom. The van der Waals surface area contributed by atoms with Crippen molar-refractivity contribution in [3.05, 3.63) is 0 Å². The molecule has 0 atom stereocenters. The zero-order valence-electron chi connectivity index (χ0n) is 9.50. The van der Waals surface area contributed by atoms with Gasteiger partial charge in [0.2, 0.25) is 6.41 Å². The normalized spacial score (nSPS) is 11.8. The molecule has 0 saturated carbocycles. The topological polar surface area (TPSA) is 47.6 Å². The molecule has 0 saturated heterocycles. The highest BCUT2D eigenvalue weighted by Crippen LogP contribution is 2.10. The van der Waals surface area contributed by atoms with E-state index in [2.05, 4.69) is 5.32 Å². The van der Waals surface area contributed by atoms with E-state index in [9.17, 15) is 4.79 Å². The molecular formula is C10H21NO3. The molecule has 0 aromatic carbocycles. The van der Waals surface area contributed by atoms with Gasteiger partial charge in [-0.2, -0.15) is 0 Å². The maximum atomic E-state index is 9.95. The van der Waals surface area contributed by atoms with Gasteiger partial charge in [-0.3, -0.25) is 4.79 Å². The molecule has 1 N–H and O–H groups in total. The van der Waals surface area contributed by atoms with Gasteiger partial charge >= 0.3 is 0 Å². The second-order valence-corrected chi connectivity index (χ2v) is 4.04. The van der Waals surface area contributed by atoms with Gasteiger partial charge in [-0.1, -0.05) is 0 Å². The summed E-state index contributed by atoms with van der Waals surface area (Å²) in [4.78, 5) is 9.95. The predicted octanol–water partition coefficient (Wildman–Crippen LogP) is 0.953. The quantitative estimate of drug-likeness (QED) is 0.472. The highest BCUT2D eigenvalue weighted by Gasteiger charge is 2.18. The molecule has 0 rings (SSSR count). The van der Waals surface area contributed by atoms with Crippen LogP contribution in [0.25, 0.3) is 0 Å². The molecule has 0 spiro atoms. The smallest absolute Gasteiger partial charge is 0.207 e. The predicted molar refractivity (Wildman–Crippen MR) is 55.2 cm³/mol. The molecule has 4 heteroatoms. The molecule has 0 heterocycles. The minimum atomic E-state index is -0.297. The van der Waals surface area contributed by atoms with Crippen molar-refractivity contribution in [3.8, 4) is 0 Å². The Kier molecular flexibility index (Phi) is 6.49. The van der Waals surface area contributed by atoms with Crippen molar-refractivity contribution in [2.24, 2.45) is 0 Å². The van der Waals surface area contributed by atoms with E-state index in [-0.39, 0.29) is 11.7 Å². The molecule has 0 bridgehead atoms. The second kappa shape index (κ2) is 6.79. The van der Waals surface area contributed by atoms with Crippen LogP contribution in [0.15, 0.2) is 0 Å². The van der Waals surface area contributed by atoms with Gasteiger partial charge in [-0.05, 0) is 27.7 Å². The summed E-state index contributed by atoms with van der Waals surface area (Å²) in [5.41, 5.74) is -0.297.